The summed E-state index contributed by atoms with van der Waals surface area (Å²) < 4.78 is 6.03. The predicted octanol–water partition coefficient (Wildman–Crippen LogP) is 2.95. The second-order valence-electron chi connectivity index (χ2n) is 5.90. The van der Waals surface area contributed by atoms with Gasteiger partial charge in [-0.1, -0.05) is 0 Å². The van der Waals surface area contributed by atoms with Crippen LogP contribution in [0.3, 0.4) is 0 Å². The Morgan fingerprint density at radius 3 is 2.48 bits per heavy atom. The monoisotopic (exact) mass is 300 g/mol. The second kappa shape index (κ2) is 5.36. The van der Waals surface area contributed by atoms with E-state index in [1.54, 1.807) is 7.11 Å². The van der Waals surface area contributed by atoms with E-state index in [-0.39, 0.29) is 11.7 Å². The van der Waals surface area contributed by atoms with Crippen molar-refractivity contribution in [1.29, 1.82) is 0 Å². The van der Waals surface area contributed by atoms with Gasteiger partial charge in [-0.3, -0.25) is 0 Å². The van der Waals surface area contributed by atoms with E-state index in [0.29, 0.717) is 0 Å². The molecule has 1 unspecified atom stereocenters. The fourth-order valence-electron chi connectivity index (χ4n) is 3.29. The number of ketones is 1. The van der Waals surface area contributed by atoms with E-state index in [1.165, 1.54) is 16.2 Å². The van der Waals surface area contributed by atoms with E-state index in [4.69, 9.17) is 4.52 Å². The predicted molar refractivity (Wildman–Crippen MR) is 90.6 cm³/mol. The molecule has 0 bridgehead atoms. The van der Waals surface area contributed by atoms with Gasteiger partial charge in [0.05, 0.1) is 0 Å². The molecule has 3 heteroatoms. The first-order valence-electron chi connectivity index (χ1n) is 7.35. The average molecular weight is 300 g/mol. The van der Waals surface area contributed by atoms with Crippen LogP contribution in [0.15, 0.2) is 48.5 Å². The minimum absolute atomic E-state index is 0.0898. The maximum absolute atomic E-state index is 12.3. The Morgan fingerprint density at radius 2 is 1.81 bits per heavy atom. The maximum atomic E-state index is 12.3. The molecule has 0 spiro atoms. The van der Waals surface area contributed by atoms with Crippen LogP contribution in [0.4, 0.5) is 0 Å². The van der Waals surface area contributed by atoms with Gasteiger partial charge in [-0.2, -0.15) is 0 Å². The van der Waals surface area contributed by atoms with Crippen molar-refractivity contribution in [3.8, 4) is 0 Å². The summed E-state index contributed by atoms with van der Waals surface area (Å²) >= 11 is 0. The molecule has 0 radical (unpaired) electrons. The van der Waals surface area contributed by atoms with Gasteiger partial charge in [0.15, 0.2) is 0 Å². The van der Waals surface area contributed by atoms with E-state index in [0.717, 1.165) is 12.0 Å². The van der Waals surface area contributed by atoms with Gasteiger partial charge in [0, 0.05) is 0 Å². The van der Waals surface area contributed by atoms with E-state index in [2.05, 4.69) is 37.0 Å². The molecule has 110 valence electrons. The molecule has 0 heterocycles. The summed E-state index contributed by atoms with van der Waals surface area (Å²) in [5.74, 6) is 0.361. The van der Waals surface area contributed by atoms with Crippen molar-refractivity contribution in [1.82, 2.24) is 0 Å². The Balaban J connectivity index is 2.19. The zero-order chi connectivity index (χ0) is 15.0. The third kappa shape index (κ3) is 2.23. The fourth-order valence-corrected chi connectivity index (χ4v) is 6.11. The number of rotatable bonds is 3. The standard InChI is InChI=1S/C18H21O2P/c1-13-12-16-15(18(13)19)10-7-11-17(16)21(3,20-2)14-8-5-4-6-9-14/h4-11,13,21H,12H2,1-3H3. The van der Waals surface area contributed by atoms with E-state index >= 15 is 0 Å². The Labute approximate surface area is 126 Å². The van der Waals surface area contributed by atoms with Crippen molar-refractivity contribution >= 4 is 23.9 Å². The molecule has 1 aliphatic carbocycles. The number of benzene rings is 2. The van der Waals surface area contributed by atoms with Gasteiger partial charge in [0.1, 0.15) is 0 Å². The summed E-state index contributed by atoms with van der Waals surface area (Å²) in [6.45, 7) is 4.23. The quantitative estimate of drug-likeness (QED) is 0.815. The number of carbonyl (C=O) groups is 1. The molecule has 2 nitrogen and oxygen atoms in total. The average Bonchev–Trinajstić information content (AvgIpc) is 2.82. The van der Waals surface area contributed by atoms with E-state index in [1.807, 2.05) is 25.1 Å². The molecule has 0 aliphatic heterocycles. The van der Waals surface area contributed by atoms with Crippen molar-refractivity contribution in [2.75, 3.05) is 13.8 Å². The topological polar surface area (TPSA) is 26.3 Å². The molecule has 0 amide bonds. The molecular formula is C18H21O2P. The van der Waals surface area contributed by atoms with Crippen molar-refractivity contribution in [3.05, 3.63) is 59.7 Å². The van der Waals surface area contributed by atoms with E-state index in [9.17, 15) is 4.79 Å². The molecular weight excluding hydrogens is 279 g/mol. The van der Waals surface area contributed by atoms with Crippen LogP contribution in [-0.2, 0) is 10.9 Å². The number of fused-ring (bicyclic) bond motifs is 1. The van der Waals surface area contributed by atoms with Crippen molar-refractivity contribution in [3.63, 3.8) is 0 Å². The molecule has 0 N–H and O–H groups in total. The first kappa shape index (κ1) is 14.4. The van der Waals surface area contributed by atoms with Crippen LogP contribution in [0.25, 0.3) is 0 Å². The summed E-state index contributed by atoms with van der Waals surface area (Å²) in [5, 5.41) is 2.49. The Morgan fingerprint density at radius 1 is 1.10 bits per heavy atom. The van der Waals surface area contributed by atoms with Crippen molar-refractivity contribution < 1.29 is 9.32 Å². The molecule has 0 saturated heterocycles. The van der Waals surface area contributed by atoms with Crippen LogP contribution in [-0.4, -0.2) is 19.6 Å². The van der Waals surface area contributed by atoms with Crippen LogP contribution in [0.2, 0.25) is 0 Å². The van der Waals surface area contributed by atoms with E-state index < -0.39 is 7.49 Å². The number of hydrogen-bond acceptors (Lipinski definition) is 2. The minimum atomic E-state index is -2.24. The zero-order valence-corrected chi connectivity index (χ0v) is 13.7. The Bertz CT molecular complexity index is 681. The molecule has 1 aliphatic rings. The Hall–Kier alpha value is -1.50. The van der Waals surface area contributed by atoms with Crippen molar-refractivity contribution in [2.24, 2.45) is 5.92 Å². The van der Waals surface area contributed by atoms with Crippen LogP contribution in [0.1, 0.15) is 22.8 Å². The molecule has 1 atom stereocenters. The van der Waals surface area contributed by atoms with Gasteiger partial charge in [0.2, 0.25) is 0 Å². The second-order valence-corrected chi connectivity index (χ2v) is 9.50. The molecule has 21 heavy (non-hydrogen) atoms. The number of carbonyl (C=O) groups excluding carboxylic acids is 1. The number of hydrogen-bond donors (Lipinski definition) is 0. The van der Waals surface area contributed by atoms with Gasteiger partial charge in [0.25, 0.3) is 0 Å². The molecule has 0 aromatic heterocycles. The molecule has 3 rings (SSSR count). The Kier molecular flexibility index (Phi) is 3.69. The summed E-state index contributed by atoms with van der Waals surface area (Å²) in [5.41, 5.74) is 2.10. The molecule has 2 aromatic carbocycles. The third-order valence-corrected chi connectivity index (χ3v) is 8.39. The van der Waals surface area contributed by atoms with Gasteiger partial charge in [-0.15, -0.1) is 0 Å². The SMILES string of the molecule is CO[PH](C)(c1ccccc1)c1cccc2c1CC(C)C2=O. The van der Waals surface area contributed by atoms with Crippen LogP contribution < -0.4 is 10.6 Å². The van der Waals surface area contributed by atoms with Crippen LogP contribution in [0, 0.1) is 5.92 Å². The van der Waals surface area contributed by atoms with Crippen molar-refractivity contribution in [2.45, 2.75) is 13.3 Å². The molecule has 0 fully saturated rings. The normalized spacial score (nSPS) is 18.6. The van der Waals surface area contributed by atoms with Gasteiger partial charge in [-0.05, 0) is 0 Å². The third-order valence-electron chi connectivity index (χ3n) is 4.65. The van der Waals surface area contributed by atoms with Crippen LogP contribution >= 0.6 is 7.49 Å². The number of Topliss-reactive ketones (excluding diaryl/α,β-unsaturated/α-hetero) is 1. The summed E-state index contributed by atoms with van der Waals surface area (Å²) in [6.07, 6.45) is 0.836. The summed E-state index contributed by atoms with van der Waals surface area (Å²) in [7, 11) is -0.453. The first-order chi connectivity index (χ1) is 10.1. The zero-order valence-electron chi connectivity index (χ0n) is 12.7. The summed E-state index contributed by atoms with van der Waals surface area (Å²) in [6, 6.07) is 16.5. The molecule has 0 saturated carbocycles. The summed E-state index contributed by atoms with van der Waals surface area (Å²) in [4.78, 5) is 12.3. The van der Waals surface area contributed by atoms with Crippen LogP contribution in [0.5, 0.6) is 0 Å². The first-order valence-corrected chi connectivity index (χ1v) is 9.76. The van der Waals surface area contributed by atoms with Gasteiger partial charge < -0.3 is 0 Å². The van der Waals surface area contributed by atoms with Gasteiger partial charge in [-0.25, -0.2) is 0 Å². The fraction of sp³-hybridized carbons (Fsp3) is 0.278. The molecule has 2 aromatic rings. The van der Waals surface area contributed by atoms with Gasteiger partial charge >= 0.3 is 126 Å².